The minimum absolute atomic E-state index is 0.0179. The van der Waals surface area contributed by atoms with Gasteiger partial charge >= 0.3 is 0 Å². The Morgan fingerprint density at radius 3 is 2.63 bits per heavy atom. The lowest BCUT2D eigenvalue weighted by Gasteiger charge is -2.04. The maximum atomic E-state index is 12.9. The molecular formula is C22H18FN5OS. The van der Waals surface area contributed by atoms with E-state index in [4.69, 9.17) is 0 Å². The minimum atomic E-state index is -0.327. The zero-order valence-corrected chi connectivity index (χ0v) is 16.6. The first kappa shape index (κ1) is 19.5. The summed E-state index contributed by atoms with van der Waals surface area (Å²) in [6, 6.07) is 19.5. The highest BCUT2D eigenvalue weighted by molar-refractivity contribution is 7.13. The van der Waals surface area contributed by atoms with E-state index in [2.05, 4.69) is 20.9 Å². The van der Waals surface area contributed by atoms with Crippen molar-refractivity contribution in [3.8, 4) is 16.3 Å². The van der Waals surface area contributed by atoms with E-state index in [9.17, 15) is 9.18 Å². The molecule has 2 heterocycles. The number of halogens is 1. The van der Waals surface area contributed by atoms with Gasteiger partial charge in [-0.1, -0.05) is 24.3 Å². The lowest BCUT2D eigenvalue weighted by atomic mass is 10.2. The number of thiophene rings is 1. The summed E-state index contributed by atoms with van der Waals surface area (Å²) >= 11 is 1.58. The molecule has 2 aromatic carbocycles. The third-order valence-electron chi connectivity index (χ3n) is 4.21. The lowest BCUT2D eigenvalue weighted by molar-refractivity contribution is -0.119. The summed E-state index contributed by atoms with van der Waals surface area (Å²) in [6.07, 6.45) is 3.45. The topological polar surface area (TPSA) is 71.3 Å². The Labute approximate surface area is 176 Å². The first-order valence-electron chi connectivity index (χ1n) is 9.19. The number of amides is 1. The van der Waals surface area contributed by atoms with Gasteiger partial charge in [0, 0.05) is 17.4 Å². The highest BCUT2D eigenvalue weighted by atomic mass is 32.1. The van der Waals surface area contributed by atoms with Crippen molar-refractivity contribution in [2.75, 3.05) is 11.9 Å². The summed E-state index contributed by atoms with van der Waals surface area (Å²) in [5.74, 6) is -0.643. The Bertz CT molecular complexity index is 1140. The second kappa shape index (κ2) is 9.15. The van der Waals surface area contributed by atoms with E-state index in [-0.39, 0.29) is 18.3 Å². The molecule has 4 aromatic rings. The second-order valence-electron chi connectivity index (χ2n) is 6.34. The molecule has 0 radical (unpaired) electrons. The van der Waals surface area contributed by atoms with Gasteiger partial charge in [0.15, 0.2) is 0 Å². The highest BCUT2D eigenvalue weighted by Gasteiger charge is 2.12. The summed E-state index contributed by atoms with van der Waals surface area (Å²) in [6.45, 7) is 0.0179. The van der Waals surface area contributed by atoms with Crippen molar-refractivity contribution in [2.45, 2.75) is 0 Å². The summed E-state index contributed by atoms with van der Waals surface area (Å²) in [5, 5.41) is 13.7. The second-order valence-corrected chi connectivity index (χ2v) is 7.29. The molecule has 2 aromatic heterocycles. The Kier molecular flexibility index (Phi) is 5.95. The van der Waals surface area contributed by atoms with Gasteiger partial charge in [-0.15, -0.1) is 11.3 Å². The molecule has 0 atom stereocenters. The van der Waals surface area contributed by atoms with Crippen LogP contribution >= 0.6 is 11.3 Å². The van der Waals surface area contributed by atoms with E-state index in [1.807, 2.05) is 54.0 Å². The largest absolute Gasteiger partial charge is 0.376 e. The van der Waals surface area contributed by atoms with E-state index < -0.39 is 0 Å². The molecule has 150 valence electrons. The van der Waals surface area contributed by atoms with Crippen LogP contribution < -0.4 is 10.7 Å². The predicted octanol–water partition coefficient (Wildman–Crippen LogP) is 4.30. The fourth-order valence-corrected chi connectivity index (χ4v) is 3.49. The van der Waals surface area contributed by atoms with E-state index in [0.717, 1.165) is 21.8 Å². The van der Waals surface area contributed by atoms with Gasteiger partial charge in [-0.2, -0.15) is 10.2 Å². The van der Waals surface area contributed by atoms with Gasteiger partial charge in [-0.05, 0) is 47.8 Å². The van der Waals surface area contributed by atoms with Crippen LogP contribution in [-0.4, -0.2) is 28.4 Å². The standard InChI is InChI=1S/C22H18FN5OS/c23-17-8-10-18(11-9-17)24-14-21(29)26-25-13-16-15-28(19-5-2-1-3-6-19)27-22(16)20-7-4-12-30-20/h1-13,15,24H,14H2,(H,26,29). The monoisotopic (exact) mass is 419 g/mol. The van der Waals surface area contributed by atoms with Crippen LogP contribution in [0.3, 0.4) is 0 Å². The fourth-order valence-electron chi connectivity index (χ4n) is 2.76. The minimum Gasteiger partial charge on any atom is -0.376 e. The Morgan fingerprint density at radius 2 is 1.90 bits per heavy atom. The van der Waals surface area contributed by atoms with E-state index in [0.29, 0.717) is 5.69 Å². The molecule has 2 N–H and O–H groups in total. The number of anilines is 1. The number of carbonyl (C=O) groups excluding carboxylic acids is 1. The highest BCUT2D eigenvalue weighted by Crippen LogP contribution is 2.26. The molecular weight excluding hydrogens is 401 g/mol. The van der Waals surface area contributed by atoms with Crippen LogP contribution in [0.4, 0.5) is 10.1 Å². The lowest BCUT2D eigenvalue weighted by Crippen LogP contribution is -2.25. The Hall–Kier alpha value is -3.78. The van der Waals surface area contributed by atoms with Crippen LogP contribution in [0.2, 0.25) is 0 Å². The first-order chi connectivity index (χ1) is 14.7. The molecule has 0 bridgehead atoms. The van der Waals surface area contributed by atoms with Crippen molar-refractivity contribution in [3.63, 3.8) is 0 Å². The maximum absolute atomic E-state index is 12.9. The van der Waals surface area contributed by atoms with Gasteiger partial charge in [0.05, 0.1) is 23.3 Å². The number of aromatic nitrogens is 2. The molecule has 0 aliphatic heterocycles. The Balaban J connectivity index is 1.45. The summed E-state index contributed by atoms with van der Waals surface area (Å²) in [7, 11) is 0. The van der Waals surface area contributed by atoms with E-state index in [1.165, 1.54) is 12.1 Å². The summed E-state index contributed by atoms with van der Waals surface area (Å²) in [4.78, 5) is 13.0. The smallest absolute Gasteiger partial charge is 0.259 e. The number of benzene rings is 2. The normalized spacial score (nSPS) is 11.0. The van der Waals surface area contributed by atoms with Crippen molar-refractivity contribution in [3.05, 3.63) is 89.7 Å². The van der Waals surface area contributed by atoms with Crippen molar-refractivity contribution >= 4 is 29.1 Å². The zero-order chi connectivity index (χ0) is 20.8. The molecule has 8 heteroatoms. The molecule has 0 spiro atoms. The quantitative estimate of drug-likeness (QED) is 0.347. The number of nitrogens with one attached hydrogen (secondary N) is 2. The molecule has 0 aliphatic carbocycles. The number of hydrogen-bond donors (Lipinski definition) is 2. The molecule has 30 heavy (non-hydrogen) atoms. The van der Waals surface area contributed by atoms with Gasteiger partial charge in [0.1, 0.15) is 11.5 Å². The van der Waals surface area contributed by atoms with Gasteiger partial charge in [-0.3, -0.25) is 4.79 Å². The van der Waals surface area contributed by atoms with Crippen molar-refractivity contribution in [1.82, 2.24) is 15.2 Å². The molecule has 0 unspecified atom stereocenters. The fraction of sp³-hybridized carbons (Fsp3) is 0.0455. The molecule has 0 saturated carbocycles. The van der Waals surface area contributed by atoms with Gasteiger partial charge in [0.25, 0.3) is 5.91 Å². The molecule has 0 saturated heterocycles. The third-order valence-corrected chi connectivity index (χ3v) is 5.08. The molecule has 0 aliphatic rings. The third kappa shape index (κ3) is 4.79. The van der Waals surface area contributed by atoms with Crippen LogP contribution in [0.25, 0.3) is 16.3 Å². The molecule has 6 nitrogen and oxygen atoms in total. The van der Waals surface area contributed by atoms with Crippen LogP contribution in [0.15, 0.2) is 83.4 Å². The van der Waals surface area contributed by atoms with Gasteiger partial charge < -0.3 is 5.32 Å². The Morgan fingerprint density at radius 1 is 1.10 bits per heavy atom. The van der Waals surface area contributed by atoms with Crippen LogP contribution in [0.1, 0.15) is 5.56 Å². The van der Waals surface area contributed by atoms with Gasteiger partial charge in [-0.25, -0.2) is 14.5 Å². The van der Waals surface area contributed by atoms with Crippen LogP contribution in [-0.2, 0) is 4.79 Å². The first-order valence-corrected chi connectivity index (χ1v) is 10.1. The van der Waals surface area contributed by atoms with Crippen molar-refractivity contribution in [1.29, 1.82) is 0 Å². The van der Waals surface area contributed by atoms with E-state index in [1.54, 1.807) is 34.4 Å². The average Bonchev–Trinajstić information content (AvgIpc) is 3.44. The average molecular weight is 419 g/mol. The molecule has 1 amide bonds. The number of hydrazone groups is 1. The summed E-state index contributed by atoms with van der Waals surface area (Å²) in [5.41, 5.74) is 5.65. The number of para-hydroxylation sites is 1. The molecule has 0 fully saturated rings. The number of nitrogens with zero attached hydrogens (tertiary/aromatic N) is 3. The summed E-state index contributed by atoms with van der Waals surface area (Å²) < 4.78 is 14.7. The van der Waals surface area contributed by atoms with Crippen molar-refractivity contribution in [2.24, 2.45) is 5.10 Å². The SMILES string of the molecule is O=C(CNc1ccc(F)cc1)NN=Cc1cn(-c2ccccc2)nc1-c1cccs1. The van der Waals surface area contributed by atoms with Crippen LogP contribution in [0, 0.1) is 5.82 Å². The number of rotatable bonds is 7. The van der Waals surface area contributed by atoms with E-state index >= 15 is 0 Å². The predicted molar refractivity (Wildman–Crippen MR) is 118 cm³/mol. The van der Waals surface area contributed by atoms with Gasteiger partial charge in [0.2, 0.25) is 0 Å². The van der Waals surface area contributed by atoms with Crippen molar-refractivity contribution < 1.29 is 9.18 Å². The zero-order valence-electron chi connectivity index (χ0n) is 15.8. The maximum Gasteiger partial charge on any atom is 0.259 e. The number of hydrogen-bond acceptors (Lipinski definition) is 5. The number of carbonyl (C=O) groups is 1. The van der Waals surface area contributed by atoms with Crippen LogP contribution in [0.5, 0.6) is 0 Å². The molecule has 4 rings (SSSR count).